The highest BCUT2D eigenvalue weighted by Gasteiger charge is 2.22. The van der Waals surface area contributed by atoms with Gasteiger partial charge in [-0.25, -0.2) is 4.39 Å². The van der Waals surface area contributed by atoms with Crippen LogP contribution >= 0.6 is 0 Å². The van der Waals surface area contributed by atoms with Crippen LogP contribution in [0, 0.1) is 5.82 Å². The maximum atomic E-state index is 13.3. The molecule has 0 saturated heterocycles. The highest BCUT2D eigenvalue weighted by atomic mass is 19.1. The zero-order chi connectivity index (χ0) is 9.90. The Morgan fingerprint density at radius 2 is 2.00 bits per heavy atom. The Morgan fingerprint density at radius 1 is 1.38 bits per heavy atom. The molecule has 1 aromatic carbocycles. The number of carbonyl (C=O) groups excluding carboxylic acids is 1. The summed E-state index contributed by atoms with van der Waals surface area (Å²) < 4.78 is 13.3. The van der Waals surface area contributed by atoms with Gasteiger partial charge in [0, 0.05) is 6.42 Å². The molecule has 0 aliphatic heterocycles. The van der Waals surface area contributed by atoms with Crippen molar-refractivity contribution in [2.24, 2.45) is 0 Å². The molecule has 0 unspecified atom stereocenters. The first-order valence-corrected chi connectivity index (χ1v) is 4.26. The van der Waals surface area contributed by atoms with Crippen LogP contribution in [0.1, 0.15) is 25.8 Å². The number of aldehydes is 1. The molecule has 0 aliphatic carbocycles. The van der Waals surface area contributed by atoms with Crippen LogP contribution in [0.3, 0.4) is 0 Å². The Labute approximate surface area is 77.6 Å². The minimum atomic E-state index is -0.410. The molecule has 0 bridgehead atoms. The lowest BCUT2D eigenvalue weighted by Crippen LogP contribution is -2.19. The second-order valence-electron chi connectivity index (χ2n) is 3.73. The number of halogens is 1. The predicted molar refractivity (Wildman–Crippen MR) is 50.1 cm³/mol. The molecule has 1 nitrogen and oxygen atoms in total. The Kier molecular flexibility index (Phi) is 2.81. The van der Waals surface area contributed by atoms with Gasteiger partial charge >= 0.3 is 0 Å². The Balaban J connectivity index is 3.06. The van der Waals surface area contributed by atoms with Gasteiger partial charge in [-0.3, -0.25) is 0 Å². The van der Waals surface area contributed by atoms with Crippen LogP contribution in [0.25, 0.3) is 0 Å². The summed E-state index contributed by atoms with van der Waals surface area (Å²) in [6, 6.07) is 6.57. The minimum absolute atomic E-state index is 0.241. The van der Waals surface area contributed by atoms with Gasteiger partial charge in [-0.1, -0.05) is 32.0 Å². The van der Waals surface area contributed by atoms with E-state index in [1.54, 1.807) is 18.2 Å². The Hall–Kier alpha value is -1.18. The van der Waals surface area contributed by atoms with E-state index in [1.807, 2.05) is 13.8 Å². The van der Waals surface area contributed by atoms with E-state index in [0.717, 1.165) is 6.29 Å². The van der Waals surface area contributed by atoms with Crippen LogP contribution in [0.2, 0.25) is 0 Å². The fourth-order valence-electron chi connectivity index (χ4n) is 1.33. The van der Waals surface area contributed by atoms with Crippen molar-refractivity contribution in [1.82, 2.24) is 0 Å². The van der Waals surface area contributed by atoms with Crippen LogP contribution in [0.15, 0.2) is 24.3 Å². The third-order valence-corrected chi connectivity index (χ3v) is 2.20. The van der Waals surface area contributed by atoms with Gasteiger partial charge in [0.2, 0.25) is 0 Å². The topological polar surface area (TPSA) is 17.1 Å². The highest BCUT2D eigenvalue weighted by Crippen LogP contribution is 2.27. The third-order valence-electron chi connectivity index (χ3n) is 2.20. The van der Waals surface area contributed by atoms with E-state index in [1.165, 1.54) is 6.07 Å². The molecule has 0 spiro atoms. The van der Waals surface area contributed by atoms with Gasteiger partial charge in [-0.05, 0) is 17.0 Å². The van der Waals surface area contributed by atoms with Crippen molar-refractivity contribution in [3.05, 3.63) is 35.6 Å². The fourth-order valence-corrected chi connectivity index (χ4v) is 1.33. The number of carbonyl (C=O) groups is 1. The Morgan fingerprint density at radius 3 is 2.54 bits per heavy atom. The SMILES string of the molecule is CC(C)(CC=O)c1ccccc1F. The molecule has 70 valence electrons. The average molecular weight is 180 g/mol. The molecule has 1 aromatic rings. The molecule has 0 N–H and O–H groups in total. The summed E-state index contributed by atoms with van der Waals surface area (Å²) in [6.45, 7) is 3.72. The molecule has 2 heteroatoms. The van der Waals surface area contributed by atoms with E-state index in [2.05, 4.69) is 0 Å². The summed E-state index contributed by atoms with van der Waals surface area (Å²) in [4.78, 5) is 10.4. The van der Waals surface area contributed by atoms with Crippen molar-refractivity contribution in [2.75, 3.05) is 0 Å². The van der Waals surface area contributed by atoms with E-state index in [9.17, 15) is 9.18 Å². The Bertz CT molecular complexity index is 305. The number of hydrogen-bond acceptors (Lipinski definition) is 1. The summed E-state index contributed by atoms with van der Waals surface area (Å²) in [6.07, 6.45) is 1.17. The second-order valence-corrected chi connectivity index (χ2v) is 3.73. The molecular formula is C11H13FO. The van der Waals surface area contributed by atoms with Crippen molar-refractivity contribution < 1.29 is 9.18 Å². The zero-order valence-electron chi connectivity index (χ0n) is 7.88. The number of hydrogen-bond donors (Lipinski definition) is 0. The van der Waals surface area contributed by atoms with Crippen LogP contribution in [-0.4, -0.2) is 6.29 Å². The zero-order valence-corrected chi connectivity index (χ0v) is 7.88. The second kappa shape index (κ2) is 3.69. The standard InChI is InChI=1S/C11H13FO/c1-11(2,7-8-13)9-5-3-4-6-10(9)12/h3-6,8H,7H2,1-2H3. The minimum Gasteiger partial charge on any atom is -0.303 e. The summed E-state index contributed by atoms with van der Waals surface area (Å²) in [5.41, 5.74) is 0.190. The largest absolute Gasteiger partial charge is 0.303 e. The highest BCUT2D eigenvalue weighted by molar-refractivity contribution is 5.53. The fraction of sp³-hybridized carbons (Fsp3) is 0.364. The lowest BCUT2D eigenvalue weighted by molar-refractivity contribution is -0.108. The van der Waals surface area contributed by atoms with Crippen LogP contribution in [0.5, 0.6) is 0 Å². The molecule has 0 radical (unpaired) electrons. The van der Waals surface area contributed by atoms with Gasteiger partial charge in [0.1, 0.15) is 12.1 Å². The molecular weight excluding hydrogens is 167 g/mol. The van der Waals surface area contributed by atoms with Crippen molar-refractivity contribution in [3.63, 3.8) is 0 Å². The normalized spacial score (nSPS) is 11.3. The van der Waals surface area contributed by atoms with E-state index in [0.29, 0.717) is 12.0 Å². The van der Waals surface area contributed by atoms with E-state index >= 15 is 0 Å². The first kappa shape index (κ1) is 9.90. The summed E-state index contributed by atoms with van der Waals surface area (Å²) in [7, 11) is 0. The molecule has 0 aromatic heterocycles. The predicted octanol–water partition coefficient (Wildman–Crippen LogP) is 2.69. The first-order valence-electron chi connectivity index (χ1n) is 4.26. The first-order chi connectivity index (χ1) is 6.08. The van der Waals surface area contributed by atoms with Gasteiger partial charge < -0.3 is 4.79 Å². The third kappa shape index (κ3) is 2.14. The number of benzene rings is 1. The maximum absolute atomic E-state index is 13.3. The molecule has 0 saturated carbocycles. The summed E-state index contributed by atoms with van der Waals surface area (Å²) in [5, 5.41) is 0. The van der Waals surface area contributed by atoms with Crippen LogP contribution in [0.4, 0.5) is 4.39 Å². The summed E-state index contributed by atoms with van der Waals surface area (Å²) >= 11 is 0. The van der Waals surface area contributed by atoms with Gasteiger partial charge in [-0.2, -0.15) is 0 Å². The average Bonchev–Trinajstić information content (AvgIpc) is 2.04. The molecule has 0 amide bonds. The van der Waals surface area contributed by atoms with E-state index < -0.39 is 5.41 Å². The molecule has 0 atom stereocenters. The molecule has 1 rings (SSSR count). The van der Waals surface area contributed by atoms with Gasteiger partial charge in [0.05, 0.1) is 0 Å². The monoisotopic (exact) mass is 180 g/mol. The van der Waals surface area contributed by atoms with Gasteiger partial charge in [0.15, 0.2) is 0 Å². The lowest BCUT2D eigenvalue weighted by Gasteiger charge is -2.22. The molecule has 0 fully saturated rings. The lowest BCUT2D eigenvalue weighted by atomic mass is 9.82. The van der Waals surface area contributed by atoms with Crippen molar-refractivity contribution in [1.29, 1.82) is 0 Å². The summed E-state index contributed by atoms with van der Waals surface area (Å²) in [5.74, 6) is -0.241. The van der Waals surface area contributed by atoms with Crippen LogP contribution in [-0.2, 0) is 10.2 Å². The molecule has 0 aliphatic rings. The maximum Gasteiger partial charge on any atom is 0.126 e. The van der Waals surface area contributed by atoms with E-state index in [4.69, 9.17) is 0 Å². The van der Waals surface area contributed by atoms with Gasteiger partial charge in [0.25, 0.3) is 0 Å². The van der Waals surface area contributed by atoms with Crippen molar-refractivity contribution >= 4 is 6.29 Å². The van der Waals surface area contributed by atoms with Crippen molar-refractivity contribution in [2.45, 2.75) is 25.7 Å². The quantitative estimate of drug-likeness (QED) is 0.653. The smallest absolute Gasteiger partial charge is 0.126 e. The number of rotatable bonds is 3. The van der Waals surface area contributed by atoms with Crippen LogP contribution < -0.4 is 0 Å². The molecule has 0 heterocycles. The van der Waals surface area contributed by atoms with E-state index in [-0.39, 0.29) is 5.82 Å². The van der Waals surface area contributed by atoms with Crippen molar-refractivity contribution in [3.8, 4) is 0 Å². The van der Waals surface area contributed by atoms with Gasteiger partial charge in [-0.15, -0.1) is 0 Å². The molecule has 13 heavy (non-hydrogen) atoms.